The lowest BCUT2D eigenvalue weighted by molar-refractivity contribution is 0.0607. The molecule has 0 aliphatic heterocycles. The second-order valence-electron chi connectivity index (χ2n) is 10.1. The Bertz CT molecular complexity index is 1500. The first-order valence-corrected chi connectivity index (χ1v) is 13.5. The van der Waals surface area contributed by atoms with Gasteiger partial charge in [0.05, 0.1) is 16.1 Å². The van der Waals surface area contributed by atoms with E-state index in [9.17, 15) is 15.0 Å². The Kier molecular flexibility index (Phi) is 6.01. The molecule has 0 amide bonds. The standard InChI is InChI=1S/C29H28N4O3S/c1-17-12-23(32-26(13-17)33-25-15-19(9-11-30-25)18-4-2-5-18)24-16-31-28(37-24)29(36)10-3-6-20-14-21(27(34)35)7-8-22(20)29/h7-9,11-16,18,36H,2-6,10H2,1H3,(H,34,35)(H,30,32,33). The van der Waals surface area contributed by atoms with Crippen molar-refractivity contribution < 1.29 is 15.0 Å². The Balaban J connectivity index is 1.29. The van der Waals surface area contributed by atoms with Crippen molar-refractivity contribution in [3.05, 3.63) is 87.7 Å². The van der Waals surface area contributed by atoms with Crippen LogP contribution in [-0.4, -0.2) is 31.1 Å². The number of carbonyl (C=O) groups is 1. The fraction of sp³-hybridized carbons (Fsp3) is 0.310. The summed E-state index contributed by atoms with van der Waals surface area (Å²) in [6.45, 7) is 2.03. The number of aromatic nitrogens is 3. The van der Waals surface area contributed by atoms with E-state index in [0.717, 1.165) is 45.9 Å². The van der Waals surface area contributed by atoms with Crippen molar-refractivity contribution in [2.45, 2.75) is 57.0 Å². The van der Waals surface area contributed by atoms with Gasteiger partial charge in [-0.25, -0.2) is 19.7 Å². The predicted octanol–water partition coefficient (Wildman–Crippen LogP) is 6.19. The lowest BCUT2D eigenvalue weighted by atomic mass is 9.79. The number of aromatic carboxylic acids is 1. The lowest BCUT2D eigenvalue weighted by Gasteiger charge is -2.33. The van der Waals surface area contributed by atoms with Crippen LogP contribution in [0.3, 0.4) is 0 Å². The van der Waals surface area contributed by atoms with Gasteiger partial charge < -0.3 is 15.5 Å². The molecule has 2 aliphatic rings. The topological polar surface area (TPSA) is 108 Å². The lowest BCUT2D eigenvalue weighted by Crippen LogP contribution is -2.32. The summed E-state index contributed by atoms with van der Waals surface area (Å²) in [6.07, 6.45) is 9.41. The van der Waals surface area contributed by atoms with Crippen molar-refractivity contribution in [3.63, 3.8) is 0 Å². The van der Waals surface area contributed by atoms with E-state index in [2.05, 4.69) is 27.4 Å². The number of benzene rings is 1. The number of aliphatic hydroxyl groups is 1. The van der Waals surface area contributed by atoms with Crippen LogP contribution in [0.4, 0.5) is 11.6 Å². The molecule has 37 heavy (non-hydrogen) atoms. The molecular weight excluding hydrogens is 484 g/mol. The number of rotatable bonds is 6. The number of pyridine rings is 2. The van der Waals surface area contributed by atoms with Crippen LogP contribution in [0.2, 0.25) is 0 Å². The average molecular weight is 513 g/mol. The molecule has 6 rings (SSSR count). The molecule has 0 spiro atoms. The Morgan fingerprint density at radius 1 is 1.08 bits per heavy atom. The Morgan fingerprint density at radius 3 is 2.73 bits per heavy atom. The zero-order valence-corrected chi connectivity index (χ0v) is 21.4. The summed E-state index contributed by atoms with van der Waals surface area (Å²) in [6, 6.07) is 13.2. The Labute approximate surface area is 219 Å². The van der Waals surface area contributed by atoms with Crippen LogP contribution < -0.4 is 5.32 Å². The number of hydrogen-bond donors (Lipinski definition) is 3. The number of thiazole rings is 1. The third-order valence-corrected chi connectivity index (χ3v) is 8.65. The molecule has 1 atom stereocenters. The highest BCUT2D eigenvalue weighted by Gasteiger charge is 2.39. The van der Waals surface area contributed by atoms with Crippen molar-refractivity contribution in [3.8, 4) is 10.6 Å². The van der Waals surface area contributed by atoms with Crippen LogP contribution in [0.1, 0.15) is 75.6 Å². The van der Waals surface area contributed by atoms with Gasteiger partial charge in [-0.15, -0.1) is 11.3 Å². The molecule has 3 heterocycles. The smallest absolute Gasteiger partial charge is 0.335 e. The number of anilines is 2. The van der Waals surface area contributed by atoms with Crippen molar-refractivity contribution >= 4 is 28.9 Å². The van der Waals surface area contributed by atoms with Crippen LogP contribution >= 0.6 is 11.3 Å². The highest BCUT2D eigenvalue weighted by Crippen LogP contribution is 2.44. The summed E-state index contributed by atoms with van der Waals surface area (Å²) in [4.78, 5) is 26.2. The molecule has 1 unspecified atom stereocenters. The first-order valence-electron chi connectivity index (χ1n) is 12.7. The van der Waals surface area contributed by atoms with Gasteiger partial charge in [0.2, 0.25) is 0 Å². The van der Waals surface area contributed by atoms with E-state index in [4.69, 9.17) is 4.98 Å². The molecule has 2 aliphatic carbocycles. The van der Waals surface area contributed by atoms with Gasteiger partial charge in [0.25, 0.3) is 0 Å². The molecule has 0 bridgehead atoms. The van der Waals surface area contributed by atoms with Gasteiger partial charge in [-0.3, -0.25) is 0 Å². The fourth-order valence-corrected chi connectivity index (χ4v) is 6.32. The number of nitrogens with one attached hydrogen (secondary N) is 1. The predicted molar refractivity (Wildman–Crippen MR) is 144 cm³/mol. The van der Waals surface area contributed by atoms with Crippen LogP contribution in [0.15, 0.2) is 54.9 Å². The van der Waals surface area contributed by atoms with Gasteiger partial charge in [0, 0.05) is 12.4 Å². The second kappa shape index (κ2) is 9.36. The number of carboxylic acid groups (broad SMARTS) is 1. The third-order valence-electron chi connectivity index (χ3n) is 7.48. The average Bonchev–Trinajstić information content (AvgIpc) is 3.34. The Morgan fingerprint density at radius 2 is 1.95 bits per heavy atom. The van der Waals surface area contributed by atoms with Gasteiger partial charge in [-0.05, 0) is 104 Å². The first-order chi connectivity index (χ1) is 17.9. The normalized spacial score (nSPS) is 19.2. The molecule has 1 fully saturated rings. The van der Waals surface area contributed by atoms with Crippen LogP contribution in [-0.2, 0) is 12.0 Å². The third kappa shape index (κ3) is 4.51. The number of carboxylic acids is 1. The zero-order valence-electron chi connectivity index (χ0n) is 20.6. The molecule has 0 radical (unpaired) electrons. The largest absolute Gasteiger partial charge is 0.478 e. The quantitative estimate of drug-likeness (QED) is 0.283. The Hall–Kier alpha value is -3.62. The fourth-order valence-electron chi connectivity index (χ4n) is 5.31. The first kappa shape index (κ1) is 23.8. The van der Waals surface area contributed by atoms with E-state index in [1.165, 1.54) is 36.2 Å². The van der Waals surface area contributed by atoms with Crippen molar-refractivity contribution in [1.29, 1.82) is 0 Å². The van der Waals surface area contributed by atoms with E-state index < -0.39 is 11.6 Å². The SMILES string of the molecule is Cc1cc(Nc2cc(C3CCC3)ccn2)nc(-c2cnc(C3(O)CCCc4cc(C(=O)O)ccc43)s2)c1. The van der Waals surface area contributed by atoms with Crippen LogP contribution in [0.5, 0.6) is 0 Å². The van der Waals surface area contributed by atoms with Crippen molar-refractivity contribution in [2.75, 3.05) is 5.32 Å². The maximum Gasteiger partial charge on any atom is 0.335 e. The minimum Gasteiger partial charge on any atom is -0.478 e. The van der Waals surface area contributed by atoms with Gasteiger partial charge in [-0.2, -0.15) is 0 Å². The molecule has 3 N–H and O–H groups in total. The molecule has 8 heteroatoms. The molecule has 3 aromatic heterocycles. The van der Waals surface area contributed by atoms with Gasteiger partial charge >= 0.3 is 5.97 Å². The molecule has 1 aromatic carbocycles. The minimum atomic E-state index is -1.25. The molecule has 1 saturated carbocycles. The van der Waals surface area contributed by atoms with Gasteiger partial charge in [0.15, 0.2) is 0 Å². The molecule has 188 valence electrons. The van der Waals surface area contributed by atoms with Crippen molar-refractivity contribution in [2.24, 2.45) is 0 Å². The summed E-state index contributed by atoms with van der Waals surface area (Å²) in [5.74, 6) is 1.17. The molecule has 7 nitrogen and oxygen atoms in total. The monoisotopic (exact) mass is 512 g/mol. The van der Waals surface area contributed by atoms with E-state index in [1.807, 2.05) is 25.3 Å². The number of hydrogen-bond acceptors (Lipinski definition) is 7. The van der Waals surface area contributed by atoms with E-state index in [0.29, 0.717) is 23.2 Å². The second-order valence-corrected chi connectivity index (χ2v) is 11.1. The summed E-state index contributed by atoms with van der Waals surface area (Å²) < 4.78 is 0. The maximum atomic E-state index is 11.7. The summed E-state index contributed by atoms with van der Waals surface area (Å²) in [5.41, 5.74) is 3.75. The summed E-state index contributed by atoms with van der Waals surface area (Å²) in [5, 5.41) is 25.1. The molecule has 4 aromatic rings. The number of fused-ring (bicyclic) bond motifs is 1. The number of nitrogens with zero attached hydrogens (tertiary/aromatic N) is 3. The van der Waals surface area contributed by atoms with Crippen LogP contribution in [0, 0.1) is 6.92 Å². The van der Waals surface area contributed by atoms with Crippen LogP contribution in [0.25, 0.3) is 10.6 Å². The number of aryl methyl sites for hydroxylation is 2. The van der Waals surface area contributed by atoms with Gasteiger partial charge in [-0.1, -0.05) is 12.5 Å². The van der Waals surface area contributed by atoms with Crippen molar-refractivity contribution in [1.82, 2.24) is 15.0 Å². The molecule has 0 saturated heterocycles. The van der Waals surface area contributed by atoms with Gasteiger partial charge in [0.1, 0.15) is 22.2 Å². The van der Waals surface area contributed by atoms with E-state index >= 15 is 0 Å². The molecular formula is C29H28N4O3S. The zero-order chi connectivity index (χ0) is 25.6. The minimum absolute atomic E-state index is 0.236. The van der Waals surface area contributed by atoms with E-state index in [-0.39, 0.29) is 5.56 Å². The van der Waals surface area contributed by atoms with E-state index in [1.54, 1.807) is 24.4 Å². The maximum absolute atomic E-state index is 11.7. The summed E-state index contributed by atoms with van der Waals surface area (Å²) >= 11 is 1.42. The highest BCUT2D eigenvalue weighted by molar-refractivity contribution is 7.15. The highest BCUT2D eigenvalue weighted by atomic mass is 32.1. The summed E-state index contributed by atoms with van der Waals surface area (Å²) in [7, 11) is 0.